The number of hydrogen-bond donors (Lipinski definition) is 0. The molecule has 0 radical (unpaired) electrons. The van der Waals surface area contributed by atoms with Gasteiger partial charge >= 0.3 is 0 Å². The van der Waals surface area contributed by atoms with Gasteiger partial charge < -0.3 is 14.5 Å². The lowest BCUT2D eigenvalue weighted by atomic mass is 10.1. The van der Waals surface area contributed by atoms with E-state index in [1.165, 1.54) is 12.1 Å². The molecular weight excluding hydrogens is 371 g/mol. The summed E-state index contributed by atoms with van der Waals surface area (Å²) in [7, 11) is 1.63. The average Bonchev–Trinajstić information content (AvgIpc) is 2.77. The Kier molecular flexibility index (Phi) is 7.22. The van der Waals surface area contributed by atoms with Gasteiger partial charge in [-0.3, -0.25) is 9.59 Å². The molecule has 0 unspecified atom stereocenters. The minimum absolute atomic E-state index is 0.0813. The maximum Gasteiger partial charge on any atom is 0.223 e. The van der Waals surface area contributed by atoms with Gasteiger partial charge in [-0.1, -0.05) is 24.3 Å². The van der Waals surface area contributed by atoms with Crippen LogP contribution < -0.4 is 4.74 Å². The van der Waals surface area contributed by atoms with E-state index >= 15 is 0 Å². The van der Waals surface area contributed by atoms with E-state index in [4.69, 9.17) is 4.74 Å². The number of carbonyl (C=O) groups is 2. The molecule has 29 heavy (non-hydrogen) atoms. The van der Waals surface area contributed by atoms with Crippen molar-refractivity contribution in [3.05, 3.63) is 65.5 Å². The van der Waals surface area contributed by atoms with Crippen molar-refractivity contribution >= 4 is 11.8 Å². The lowest BCUT2D eigenvalue weighted by Crippen LogP contribution is -2.50. The number of piperazine rings is 1. The highest BCUT2D eigenvalue weighted by molar-refractivity contribution is 5.78. The largest absolute Gasteiger partial charge is 0.497 e. The third-order valence-electron chi connectivity index (χ3n) is 5.29. The van der Waals surface area contributed by atoms with E-state index in [2.05, 4.69) is 0 Å². The fourth-order valence-corrected chi connectivity index (χ4v) is 3.50. The van der Waals surface area contributed by atoms with Crippen LogP contribution in [0.15, 0.2) is 48.5 Å². The minimum Gasteiger partial charge on any atom is -0.497 e. The number of ether oxygens (including phenoxy) is 1. The summed E-state index contributed by atoms with van der Waals surface area (Å²) >= 11 is 0. The molecule has 0 saturated carbocycles. The molecule has 1 heterocycles. The monoisotopic (exact) mass is 398 g/mol. The van der Waals surface area contributed by atoms with Gasteiger partial charge in [0, 0.05) is 39.0 Å². The minimum atomic E-state index is -0.271. The summed E-state index contributed by atoms with van der Waals surface area (Å²) in [6.45, 7) is 2.26. The van der Waals surface area contributed by atoms with Gasteiger partial charge in [0.05, 0.1) is 7.11 Å². The van der Waals surface area contributed by atoms with E-state index in [-0.39, 0.29) is 17.6 Å². The summed E-state index contributed by atoms with van der Waals surface area (Å²) in [5, 5.41) is 0. The molecule has 0 aromatic heterocycles. The first kappa shape index (κ1) is 20.8. The third kappa shape index (κ3) is 6.04. The van der Waals surface area contributed by atoms with Crippen LogP contribution >= 0.6 is 0 Å². The van der Waals surface area contributed by atoms with Gasteiger partial charge in [0.25, 0.3) is 0 Å². The van der Waals surface area contributed by atoms with Crippen LogP contribution in [0.5, 0.6) is 5.75 Å². The molecule has 0 bridgehead atoms. The molecule has 2 aromatic rings. The van der Waals surface area contributed by atoms with Crippen molar-refractivity contribution in [3.63, 3.8) is 0 Å². The van der Waals surface area contributed by atoms with Gasteiger partial charge in [0.2, 0.25) is 11.8 Å². The van der Waals surface area contributed by atoms with Crippen LogP contribution in [0.1, 0.15) is 24.0 Å². The van der Waals surface area contributed by atoms with Crippen molar-refractivity contribution in [1.29, 1.82) is 0 Å². The molecule has 0 spiro atoms. The Labute approximate surface area is 171 Å². The number of benzene rings is 2. The van der Waals surface area contributed by atoms with E-state index in [1.807, 2.05) is 34.1 Å². The van der Waals surface area contributed by atoms with E-state index in [9.17, 15) is 14.0 Å². The Hall–Kier alpha value is -2.89. The van der Waals surface area contributed by atoms with Crippen LogP contribution in [-0.2, 0) is 22.4 Å². The van der Waals surface area contributed by atoms with Gasteiger partial charge in [-0.2, -0.15) is 0 Å². The molecule has 3 rings (SSSR count). The van der Waals surface area contributed by atoms with Crippen molar-refractivity contribution < 1.29 is 18.7 Å². The quantitative estimate of drug-likeness (QED) is 0.720. The average molecular weight is 398 g/mol. The summed E-state index contributed by atoms with van der Waals surface area (Å²) in [4.78, 5) is 28.6. The van der Waals surface area contributed by atoms with Crippen LogP contribution in [0.2, 0.25) is 0 Å². The Morgan fingerprint density at radius 3 is 1.97 bits per heavy atom. The second kappa shape index (κ2) is 10.0. The molecule has 2 amide bonds. The highest BCUT2D eigenvalue weighted by atomic mass is 19.1. The second-order valence-corrected chi connectivity index (χ2v) is 7.24. The van der Waals surface area contributed by atoms with Crippen LogP contribution in [0.3, 0.4) is 0 Å². The van der Waals surface area contributed by atoms with Crippen LogP contribution in [0, 0.1) is 5.82 Å². The molecule has 2 aromatic carbocycles. The number of carbonyl (C=O) groups excluding carboxylic acids is 2. The van der Waals surface area contributed by atoms with Crippen LogP contribution in [0.4, 0.5) is 4.39 Å². The van der Waals surface area contributed by atoms with Gasteiger partial charge in [-0.05, 0) is 48.2 Å². The fraction of sp³-hybridized carbons (Fsp3) is 0.391. The molecule has 5 nitrogen and oxygen atoms in total. The first-order valence-electron chi connectivity index (χ1n) is 9.98. The van der Waals surface area contributed by atoms with Crippen LogP contribution in [0.25, 0.3) is 0 Å². The second-order valence-electron chi connectivity index (χ2n) is 7.24. The molecule has 6 heteroatoms. The highest BCUT2D eigenvalue weighted by Crippen LogP contribution is 2.15. The lowest BCUT2D eigenvalue weighted by molar-refractivity contribution is -0.139. The Morgan fingerprint density at radius 2 is 1.41 bits per heavy atom. The number of methoxy groups -OCH3 is 1. The Balaban J connectivity index is 1.40. The zero-order chi connectivity index (χ0) is 20.6. The van der Waals surface area contributed by atoms with E-state index < -0.39 is 0 Å². The molecule has 1 saturated heterocycles. The molecule has 0 N–H and O–H groups in total. The molecule has 154 valence electrons. The number of halogens is 1. The van der Waals surface area contributed by atoms with E-state index in [1.54, 1.807) is 19.2 Å². The predicted octanol–water partition coefficient (Wildman–Crippen LogP) is 3.07. The summed E-state index contributed by atoms with van der Waals surface area (Å²) in [6.07, 6.45) is 2.12. The van der Waals surface area contributed by atoms with E-state index in [0.717, 1.165) is 16.9 Å². The van der Waals surface area contributed by atoms with Gasteiger partial charge in [0.15, 0.2) is 0 Å². The van der Waals surface area contributed by atoms with Crippen molar-refractivity contribution in [2.45, 2.75) is 25.7 Å². The highest BCUT2D eigenvalue weighted by Gasteiger charge is 2.23. The topological polar surface area (TPSA) is 49.9 Å². The zero-order valence-electron chi connectivity index (χ0n) is 16.8. The van der Waals surface area contributed by atoms with Gasteiger partial charge in [0.1, 0.15) is 11.6 Å². The fourth-order valence-electron chi connectivity index (χ4n) is 3.50. The molecule has 1 aliphatic rings. The summed E-state index contributed by atoms with van der Waals surface area (Å²) < 4.78 is 18.2. The first-order chi connectivity index (χ1) is 14.0. The maximum atomic E-state index is 13.0. The van der Waals surface area contributed by atoms with Gasteiger partial charge in [-0.15, -0.1) is 0 Å². The predicted molar refractivity (Wildman–Crippen MR) is 109 cm³/mol. The molecule has 1 fully saturated rings. The Morgan fingerprint density at radius 1 is 0.862 bits per heavy atom. The number of nitrogens with zero attached hydrogens (tertiary/aromatic N) is 2. The molecule has 0 atom stereocenters. The SMILES string of the molecule is COc1cccc(CCC(=O)N2CCN(C(=O)CCc3ccc(F)cc3)CC2)c1. The summed E-state index contributed by atoms with van der Waals surface area (Å²) in [5.74, 6) is 0.721. The standard InChI is InChI=1S/C23H27FN2O3/c1-29-21-4-2-3-19(17-21)8-12-23(28)26-15-13-25(14-16-26)22(27)11-7-18-5-9-20(24)10-6-18/h2-6,9-10,17H,7-8,11-16H2,1H3. The van der Waals surface area contributed by atoms with Crippen LogP contribution in [-0.4, -0.2) is 54.9 Å². The normalized spacial score (nSPS) is 14.0. The first-order valence-corrected chi connectivity index (χ1v) is 9.98. The number of hydrogen-bond acceptors (Lipinski definition) is 3. The molecule has 1 aliphatic heterocycles. The molecular formula is C23H27FN2O3. The number of amides is 2. The van der Waals surface area contributed by atoms with Crippen molar-refractivity contribution in [2.75, 3.05) is 33.3 Å². The zero-order valence-corrected chi connectivity index (χ0v) is 16.8. The summed E-state index contributed by atoms with van der Waals surface area (Å²) in [6, 6.07) is 14.0. The Bertz CT molecular complexity index is 830. The molecule has 0 aliphatic carbocycles. The van der Waals surface area contributed by atoms with Gasteiger partial charge in [-0.25, -0.2) is 4.39 Å². The summed E-state index contributed by atoms with van der Waals surface area (Å²) in [5.41, 5.74) is 2.03. The van der Waals surface area contributed by atoms with Crippen molar-refractivity contribution in [2.24, 2.45) is 0 Å². The number of aryl methyl sites for hydroxylation is 2. The van der Waals surface area contributed by atoms with Crippen molar-refractivity contribution in [1.82, 2.24) is 9.80 Å². The lowest BCUT2D eigenvalue weighted by Gasteiger charge is -2.35. The van der Waals surface area contributed by atoms with Crippen molar-refractivity contribution in [3.8, 4) is 5.75 Å². The third-order valence-corrected chi connectivity index (χ3v) is 5.29. The maximum absolute atomic E-state index is 13.0. The smallest absolute Gasteiger partial charge is 0.223 e. The van der Waals surface area contributed by atoms with E-state index in [0.29, 0.717) is 51.9 Å². The number of rotatable bonds is 7.